The van der Waals surface area contributed by atoms with Crippen LogP contribution in [0.3, 0.4) is 0 Å². The summed E-state index contributed by atoms with van der Waals surface area (Å²) in [6.07, 6.45) is -5.28. The van der Waals surface area contributed by atoms with Crippen molar-refractivity contribution in [2.75, 3.05) is 17.7 Å². The number of benzene rings is 1. The van der Waals surface area contributed by atoms with Crippen molar-refractivity contribution in [1.82, 2.24) is 0 Å². The molecule has 0 saturated carbocycles. The molecule has 1 aliphatic rings. The molecule has 4 nitrogen and oxygen atoms in total. The summed E-state index contributed by atoms with van der Waals surface area (Å²) in [5.74, 6) is -0.307. The predicted octanol–water partition coefficient (Wildman–Crippen LogP) is 2.03. The lowest BCUT2D eigenvalue weighted by molar-refractivity contribution is -0.137. The Morgan fingerprint density at radius 1 is 1.39 bits per heavy atom. The first kappa shape index (κ1) is 12.5. The lowest BCUT2D eigenvalue weighted by Crippen LogP contribution is -2.42. The number of hydrogen-bond acceptors (Lipinski definition) is 3. The topological polar surface area (TPSA) is 55.6 Å². The van der Waals surface area contributed by atoms with E-state index in [4.69, 9.17) is 10.5 Å². The second-order valence-corrected chi connectivity index (χ2v) is 4.07. The molecule has 0 spiro atoms. The summed E-state index contributed by atoms with van der Waals surface area (Å²) < 4.78 is 43.1. The first-order chi connectivity index (χ1) is 8.21. The van der Waals surface area contributed by atoms with Crippen LogP contribution in [0.2, 0.25) is 0 Å². The highest BCUT2D eigenvalue weighted by Crippen LogP contribution is 2.43. The van der Waals surface area contributed by atoms with E-state index in [0.717, 1.165) is 17.0 Å². The monoisotopic (exact) mass is 260 g/mol. The van der Waals surface area contributed by atoms with Gasteiger partial charge >= 0.3 is 6.18 Å². The first-order valence-corrected chi connectivity index (χ1v) is 5.16. The number of alkyl halides is 3. The molecule has 0 radical (unpaired) electrons. The van der Waals surface area contributed by atoms with E-state index >= 15 is 0 Å². The van der Waals surface area contributed by atoms with Gasteiger partial charge in [-0.3, -0.25) is 4.79 Å². The molecule has 0 aliphatic carbocycles. The summed E-state index contributed by atoms with van der Waals surface area (Å²) in [6, 6.07) is 1.66. The SMILES string of the molecule is C[C@H]1Oc2c(N)cc(C(F)(F)F)cc2N(C)C1=O. The normalized spacial score (nSPS) is 19.5. The van der Waals surface area contributed by atoms with Crippen molar-refractivity contribution in [3.05, 3.63) is 17.7 Å². The minimum atomic E-state index is -4.52. The smallest absolute Gasteiger partial charge is 0.416 e. The van der Waals surface area contributed by atoms with Crippen molar-refractivity contribution >= 4 is 17.3 Å². The summed E-state index contributed by atoms with van der Waals surface area (Å²) in [5.41, 5.74) is 4.54. The van der Waals surface area contributed by atoms with Crippen LogP contribution in [-0.4, -0.2) is 19.1 Å². The molecule has 1 aromatic rings. The van der Waals surface area contributed by atoms with Gasteiger partial charge in [0.25, 0.3) is 5.91 Å². The molecule has 0 aromatic heterocycles. The average Bonchev–Trinajstić information content (AvgIpc) is 2.26. The third kappa shape index (κ3) is 1.85. The zero-order valence-corrected chi connectivity index (χ0v) is 9.71. The molecule has 0 fully saturated rings. The minimum absolute atomic E-state index is 0.0328. The lowest BCUT2D eigenvalue weighted by atomic mass is 10.1. The number of likely N-dealkylation sites (N-methyl/N-ethyl adjacent to an activating group) is 1. The quantitative estimate of drug-likeness (QED) is 0.726. The zero-order chi connectivity index (χ0) is 13.7. The average molecular weight is 260 g/mol. The van der Waals surface area contributed by atoms with E-state index in [-0.39, 0.29) is 17.1 Å². The van der Waals surface area contributed by atoms with Crippen molar-refractivity contribution in [2.45, 2.75) is 19.2 Å². The number of ether oxygens (including phenoxy) is 1. The number of nitrogens with zero attached hydrogens (tertiary/aromatic N) is 1. The third-order valence-corrected chi connectivity index (χ3v) is 2.76. The lowest BCUT2D eigenvalue weighted by Gasteiger charge is -2.31. The van der Waals surface area contributed by atoms with Gasteiger partial charge in [0.05, 0.1) is 16.9 Å². The van der Waals surface area contributed by atoms with Crippen molar-refractivity contribution < 1.29 is 22.7 Å². The standard InChI is InChI=1S/C11H11F3N2O2/c1-5-10(17)16(2)8-4-6(11(12,13)14)3-7(15)9(8)18-5/h3-5H,15H2,1-2H3/t5-/m1/s1. The summed E-state index contributed by atoms with van der Waals surface area (Å²) in [4.78, 5) is 12.8. The van der Waals surface area contributed by atoms with Gasteiger partial charge in [0.2, 0.25) is 0 Å². The van der Waals surface area contributed by atoms with Gasteiger partial charge in [-0.1, -0.05) is 0 Å². The molecule has 2 rings (SSSR count). The Balaban J connectivity index is 2.60. The van der Waals surface area contributed by atoms with Gasteiger partial charge in [-0.15, -0.1) is 0 Å². The third-order valence-electron chi connectivity index (χ3n) is 2.76. The van der Waals surface area contributed by atoms with Crippen LogP contribution in [-0.2, 0) is 11.0 Å². The summed E-state index contributed by atoms with van der Waals surface area (Å²) in [6.45, 7) is 1.51. The van der Waals surface area contributed by atoms with E-state index in [1.54, 1.807) is 0 Å². The number of carbonyl (C=O) groups excluding carboxylic acids is 1. The van der Waals surface area contributed by atoms with Gasteiger partial charge < -0.3 is 15.4 Å². The van der Waals surface area contributed by atoms with E-state index in [1.165, 1.54) is 14.0 Å². The number of nitrogens with two attached hydrogens (primary N) is 1. The van der Waals surface area contributed by atoms with Crippen LogP contribution in [0.1, 0.15) is 12.5 Å². The number of nitrogen functional groups attached to an aromatic ring is 1. The molecule has 0 unspecified atom stereocenters. The molecule has 1 amide bonds. The Morgan fingerprint density at radius 2 is 2.00 bits per heavy atom. The molecule has 1 aromatic carbocycles. The van der Waals surface area contributed by atoms with E-state index in [9.17, 15) is 18.0 Å². The van der Waals surface area contributed by atoms with Crippen LogP contribution in [0.15, 0.2) is 12.1 Å². The Bertz CT molecular complexity index is 514. The molecule has 98 valence electrons. The van der Waals surface area contributed by atoms with Gasteiger partial charge in [-0.2, -0.15) is 13.2 Å². The van der Waals surface area contributed by atoms with E-state index in [1.807, 2.05) is 0 Å². The summed E-state index contributed by atoms with van der Waals surface area (Å²) in [5, 5.41) is 0. The number of halogens is 3. The number of carbonyl (C=O) groups is 1. The fraction of sp³-hybridized carbons (Fsp3) is 0.364. The van der Waals surface area contributed by atoms with Crippen molar-refractivity contribution in [3.8, 4) is 5.75 Å². The second-order valence-electron chi connectivity index (χ2n) is 4.07. The minimum Gasteiger partial charge on any atom is -0.477 e. The summed E-state index contributed by atoms with van der Waals surface area (Å²) >= 11 is 0. The number of rotatable bonds is 0. The van der Waals surface area contributed by atoms with Gasteiger partial charge in [-0.25, -0.2) is 0 Å². The maximum Gasteiger partial charge on any atom is 0.416 e. The number of anilines is 2. The van der Waals surface area contributed by atoms with E-state index in [0.29, 0.717) is 0 Å². The van der Waals surface area contributed by atoms with Crippen LogP contribution in [0.5, 0.6) is 5.75 Å². The molecule has 18 heavy (non-hydrogen) atoms. The van der Waals surface area contributed by atoms with E-state index < -0.39 is 23.8 Å². The van der Waals surface area contributed by atoms with Crippen LogP contribution >= 0.6 is 0 Å². The highest BCUT2D eigenvalue weighted by Gasteiger charge is 2.36. The fourth-order valence-corrected chi connectivity index (χ4v) is 1.80. The van der Waals surface area contributed by atoms with Crippen molar-refractivity contribution in [3.63, 3.8) is 0 Å². The van der Waals surface area contributed by atoms with Crippen LogP contribution < -0.4 is 15.4 Å². The highest BCUT2D eigenvalue weighted by atomic mass is 19.4. The maximum absolute atomic E-state index is 12.6. The first-order valence-electron chi connectivity index (χ1n) is 5.16. The number of fused-ring (bicyclic) bond motifs is 1. The Morgan fingerprint density at radius 3 is 2.56 bits per heavy atom. The fourth-order valence-electron chi connectivity index (χ4n) is 1.80. The van der Waals surface area contributed by atoms with E-state index in [2.05, 4.69) is 0 Å². The molecular formula is C11H11F3N2O2. The van der Waals surface area contributed by atoms with Crippen LogP contribution in [0.25, 0.3) is 0 Å². The van der Waals surface area contributed by atoms with Gasteiger partial charge in [0.15, 0.2) is 11.9 Å². The van der Waals surface area contributed by atoms with Crippen LogP contribution in [0, 0.1) is 0 Å². The van der Waals surface area contributed by atoms with Crippen LogP contribution in [0.4, 0.5) is 24.5 Å². The number of amides is 1. The molecule has 1 atom stereocenters. The second kappa shape index (κ2) is 3.79. The number of hydrogen-bond donors (Lipinski definition) is 1. The maximum atomic E-state index is 12.6. The Kier molecular flexibility index (Phi) is 2.64. The van der Waals surface area contributed by atoms with Crippen molar-refractivity contribution in [2.24, 2.45) is 0 Å². The predicted molar refractivity (Wildman–Crippen MR) is 59.4 cm³/mol. The Labute approximate surface area is 101 Å². The molecule has 1 heterocycles. The largest absolute Gasteiger partial charge is 0.477 e. The van der Waals surface area contributed by atoms with Gasteiger partial charge in [-0.05, 0) is 19.1 Å². The molecule has 1 aliphatic heterocycles. The molecular weight excluding hydrogens is 249 g/mol. The summed E-state index contributed by atoms with van der Waals surface area (Å²) in [7, 11) is 1.39. The molecule has 0 saturated heterocycles. The zero-order valence-electron chi connectivity index (χ0n) is 9.71. The van der Waals surface area contributed by atoms with Crippen molar-refractivity contribution in [1.29, 1.82) is 0 Å². The molecule has 0 bridgehead atoms. The molecule has 7 heteroatoms. The molecule has 2 N–H and O–H groups in total. The highest BCUT2D eigenvalue weighted by molar-refractivity contribution is 6.00. The van der Waals surface area contributed by atoms with Gasteiger partial charge in [0, 0.05) is 7.05 Å². The Hall–Kier alpha value is -1.92. The van der Waals surface area contributed by atoms with Gasteiger partial charge in [0.1, 0.15) is 0 Å².